The van der Waals surface area contributed by atoms with Crippen LogP contribution in [-0.4, -0.2) is 22.6 Å². The monoisotopic (exact) mass is 531 g/mol. The highest BCUT2D eigenvalue weighted by Gasteiger charge is 2.12. The second-order valence-corrected chi connectivity index (χ2v) is 9.74. The highest BCUT2D eigenvalue weighted by molar-refractivity contribution is 8.00. The number of nitrogens with one attached hydrogen (secondary N) is 2. The number of hydrogen-bond acceptors (Lipinski definition) is 5. The van der Waals surface area contributed by atoms with E-state index in [0.717, 1.165) is 10.5 Å². The number of hydrogen-bond donors (Lipinski definition) is 2. The van der Waals surface area contributed by atoms with Crippen LogP contribution in [0.2, 0.25) is 10.0 Å². The van der Waals surface area contributed by atoms with Crippen molar-refractivity contribution < 1.29 is 14.0 Å². The van der Waals surface area contributed by atoms with Gasteiger partial charge in [0.05, 0.1) is 16.5 Å². The number of benzene rings is 3. The minimum absolute atomic E-state index is 0.159. The second kappa shape index (κ2) is 11.0. The lowest BCUT2D eigenvalue weighted by atomic mass is 10.2. The number of thioether (sulfide) groups is 1. The van der Waals surface area contributed by atoms with Crippen LogP contribution in [0.1, 0.15) is 10.4 Å². The van der Waals surface area contributed by atoms with Crippen LogP contribution in [0.25, 0.3) is 11.3 Å². The fourth-order valence-corrected chi connectivity index (χ4v) is 4.91. The minimum atomic E-state index is -0.407. The Morgan fingerprint density at radius 2 is 1.79 bits per heavy atom. The molecule has 10 heteroatoms. The summed E-state index contributed by atoms with van der Waals surface area (Å²) in [5, 5.41) is 8.85. The summed E-state index contributed by atoms with van der Waals surface area (Å²) in [5.41, 5.74) is 2.31. The molecule has 0 fully saturated rings. The Labute approximate surface area is 213 Å². The Bertz CT molecular complexity index is 1350. The maximum Gasteiger partial charge on any atom is 0.255 e. The molecule has 0 atom stereocenters. The Kier molecular flexibility index (Phi) is 7.84. The van der Waals surface area contributed by atoms with Crippen molar-refractivity contribution in [3.05, 3.63) is 93.5 Å². The van der Waals surface area contributed by atoms with Gasteiger partial charge in [0, 0.05) is 32.1 Å². The molecule has 4 aromatic rings. The molecule has 0 aliphatic heterocycles. The molecular formula is C24H16Cl2FN3O2S2. The van der Waals surface area contributed by atoms with Crippen molar-refractivity contribution in [2.24, 2.45) is 0 Å². The fraction of sp³-hybridized carbons (Fsp3) is 0.0417. The average molecular weight is 532 g/mol. The van der Waals surface area contributed by atoms with Crippen molar-refractivity contribution in [2.45, 2.75) is 4.90 Å². The molecule has 0 saturated heterocycles. The van der Waals surface area contributed by atoms with E-state index in [-0.39, 0.29) is 17.6 Å². The molecule has 0 aliphatic carbocycles. The maximum atomic E-state index is 13.0. The summed E-state index contributed by atoms with van der Waals surface area (Å²) >= 11 is 14.8. The summed E-state index contributed by atoms with van der Waals surface area (Å²) < 4.78 is 13.0. The molecular weight excluding hydrogens is 516 g/mol. The Balaban J connectivity index is 1.32. The lowest BCUT2D eigenvalue weighted by Gasteiger charge is -2.08. The molecule has 1 aromatic heterocycles. The number of anilines is 2. The predicted molar refractivity (Wildman–Crippen MR) is 138 cm³/mol. The van der Waals surface area contributed by atoms with E-state index in [2.05, 4.69) is 15.6 Å². The molecule has 0 aliphatic rings. The highest BCUT2D eigenvalue weighted by Crippen LogP contribution is 2.32. The third-order valence-electron chi connectivity index (χ3n) is 4.53. The molecule has 5 nitrogen and oxygen atoms in total. The normalized spacial score (nSPS) is 10.7. The molecule has 0 spiro atoms. The second-order valence-electron chi connectivity index (χ2n) is 6.99. The Morgan fingerprint density at radius 3 is 2.56 bits per heavy atom. The van der Waals surface area contributed by atoms with E-state index in [4.69, 9.17) is 23.2 Å². The first-order valence-corrected chi connectivity index (χ1v) is 12.5. The van der Waals surface area contributed by atoms with Crippen LogP contribution >= 0.6 is 46.3 Å². The largest absolute Gasteiger partial charge is 0.322 e. The van der Waals surface area contributed by atoms with Crippen LogP contribution < -0.4 is 10.6 Å². The predicted octanol–water partition coefficient (Wildman–Crippen LogP) is 7.24. The number of halogens is 3. The zero-order valence-electron chi connectivity index (χ0n) is 17.3. The van der Waals surface area contributed by atoms with Gasteiger partial charge in [-0.15, -0.1) is 23.1 Å². The van der Waals surface area contributed by atoms with E-state index < -0.39 is 5.82 Å². The van der Waals surface area contributed by atoms with E-state index in [1.165, 1.54) is 47.4 Å². The summed E-state index contributed by atoms with van der Waals surface area (Å²) in [6, 6.07) is 17.6. The number of amides is 2. The van der Waals surface area contributed by atoms with Gasteiger partial charge in [-0.3, -0.25) is 9.59 Å². The van der Waals surface area contributed by atoms with Crippen LogP contribution in [0.4, 0.5) is 15.2 Å². The average Bonchev–Trinajstić information content (AvgIpc) is 3.26. The summed E-state index contributed by atoms with van der Waals surface area (Å²) in [4.78, 5) is 30.0. The van der Waals surface area contributed by atoms with Gasteiger partial charge in [0.15, 0.2) is 5.13 Å². The first-order valence-electron chi connectivity index (χ1n) is 9.88. The van der Waals surface area contributed by atoms with E-state index >= 15 is 0 Å². The van der Waals surface area contributed by atoms with Crippen LogP contribution in [0, 0.1) is 5.82 Å². The number of carbonyl (C=O) groups is 2. The van der Waals surface area contributed by atoms with Gasteiger partial charge in [-0.1, -0.05) is 29.3 Å². The zero-order chi connectivity index (χ0) is 24.1. The van der Waals surface area contributed by atoms with Crippen molar-refractivity contribution in [1.29, 1.82) is 0 Å². The lowest BCUT2D eigenvalue weighted by molar-refractivity contribution is -0.113. The first kappa shape index (κ1) is 24.2. The smallest absolute Gasteiger partial charge is 0.255 e. The summed E-state index contributed by atoms with van der Waals surface area (Å²) in [5.74, 6) is -0.809. The molecule has 3 aromatic carbocycles. The molecule has 0 radical (unpaired) electrons. The number of rotatable bonds is 7. The van der Waals surface area contributed by atoms with Gasteiger partial charge < -0.3 is 10.6 Å². The number of nitrogens with zero attached hydrogens (tertiary/aromatic N) is 1. The van der Waals surface area contributed by atoms with Gasteiger partial charge in [0.25, 0.3) is 5.91 Å². The molecule has 1 heterocycles. The third kappa shape index (κ3) is 6.36. The first-order chi connectivity index (χ1) is 16.4. The van der Waals surface area contributed by atoms with E-state index in [1.54, 1.807) is 36.4 Å². The molecule has 2 N–H and O–H groups in total. The number of thiazole rings is 1. The van der Waals surface area contributed by atoms with Gasteiger partial charge in [-0.25, -0.2) is 9.37 Å². The summed E-state index contributed by atoms with van der Waals surface area (Å²) in [7, 11) is 0. The zero-order valence-corrected chi connectivity index (χ0v) is 20.5. The van der Waals surface area contributed by atoms with Crippen LogP contribution in [-0.2, 0) is 4.79 Å². The Morgan fingerprint density at radius 1 is 1.00 bits per heavy atom. The van der Waals surface area contributed by atoms with Crippen molar-refractivity contribution in [1.82, 2.24) is 4.98 Å². The van der Waals surface area contributed by atoms with Crippen LogP contribution in [0.3, 0.4) is 0 Å². The number of carbonyl (C=O) groups excluding carboxylic acids is 2. The topological polar surface area (TPSA) is 71.1 Å². The van der Waals surface area contributed by atoms with Gasteiger partial charge in [0.2, 0.25) is 5.91 Å². The van der Waals surface area contributed by atoms with E-state index in [1.807, 2.05) is 11.4 Å². The van der Waals surface area contributed by atoms with Gasteiger partial charge in [-0.05, 0) is 60.7 Å². The lowest BCUT2D eigenvalue weighted by Crippen LogP contribution is -2.14. The van der Waals surface area contributed by atoms with Gasteiger partial charge >= 0.3 is 0 Å². The van der Waals surface area contributed by atoms with Crippen LogP contribution in [0.5, 0.6) is 0 Å². The molecule has 0 unspecified atom stereocenters. The third-order valence-corrected chi connectivity index (χ3v) is 6.83. The molecule has 34 heavy (non-hydrogen) atoms. The quantitative estimate of drug-likeness (QED) is 0.246. The van der Waals surface area contributed by atoms with E-state index in [0.29, 0.717) is 32.1 Å². The molecule has 4 rings (SSSR count). The van der Waals surface area contributed by atoms with Crippen molar-refractivity contribution >= 4 is 68.9 Å². The van der Waals surface area contributed by atoms with Crippen molar-refractivity contribution in [3.8, 4) is 11.3 Å². The molecule has 2 amide bonds. The highest BCUT2D eigenvalue weighted by atomic mass is 35.5. The van der Waals surface area contributed by atoms with Crippen LogP contribution in [0.15, 0.2) is 77.0 Å². The van der Waals surface area contributed by atoms with Gasteiger partial charge in [-0.2, -0.15) is 0 Å². The Hall–Kier alpha value is -2.91. The fourth-order valence-electron chi connectivity index (χ4n) is 2.92. The van der Waals surface area contributed by atoms with Crippen molar-refractivity contribution in [3.63, 3.8) is 0 Å². The number of aromatic nitrogens is 1. The molecule has 0 bridgehead atoms. The molecule has 172 valence electrons. The molecule has 0 saturated carbocycles. The summed E-state index contributed by atoms with van der Waals surface area (Å²) in [6.45, 7) is 0. The standard InChI is InChI=1S/C24H16Cl2FN3O2S2/c25-15-6-9-19(20(26)10-15)21-12-34-24(29-21)30-22(31)13-33-18-3-1-2-17(11-18)28-23(32)14-4-7-16(27)8-5-14/h1-12H,13H2,(H,28,32)(H,29,30,31). The SMILES string of the molecule is O=C(CSc1cccc(NC(=O)c2ccc(F)cc2)c1)Nc1nc(-c2ccc(Cl)cc2Cl)cs1. The van der Waals surface area contributed by atoms with Crippen molar-refractivity contribution in [2.75, 3.05) is 16.4 Å². The minimum Gasteiger partial charge on any atom is -0.322 e. The van der Waals surface area contributed by atoms with Gasteiger partial charge in [0.1, 0.15) is 5.82 Å². The maximum absolute atomic E-state index is 13.0. The van der Waals surface area contributed by atoms with E-state index in [9.17, 15) is 14.0 Å². The summed E-state index contributed by atoms with van der Waals surface area (Å²) in [6.07, 6.45) is 0.